The number of oxime groups is 1. The van der Waals surface area contributed by atoms with Crippen molar-refractivity contribution >= 4 is 35.4 Å². The van der Waals surface area contributed by atoms with Crippen LogP contribution in [0.1, 0.15) is 18.4 Å². The second kappa shape index (κ2) is 6.43. The van der Waals surface area contributed by atoms with E-state index in [1.807, 2.05) is 0 Å². The molecule has 1 unspecified atom stereocenters. The molecule has 1 aliphatic heterocycles. The molecule has 0 saturated carbocycles. The number of aliphatic hydroxyl groups excluding tert-OH is 1. The minimum absolute atomic E-state index is 0.156. The molecule has 20 heavy (non-hydrogen) atoms. The first-order valence-corrected chi connectivity index (χ1v) is 6.72. The van der Waals surface area contributed by atoms with Gasteiger partial charge < -0.3 is 14.7 Å². The monoisotopic (exact) mass is 317 g/mol. The summed E-state index contributed by atoms with van der Waals surface area (Å²) < 4.78 is 4.64. The van der Waals surface area contributed by atoms with Gasteiger partial charge in [0.2, 0.25) is 0 Å². The molecule has 1 atom stereocenters. The Bertz CT molecular complexity index is 515. The van der Waals surface area contributed by atoms with Crippen LogP contribution in [0, 0.1) is 0 Å². The molecule has 5 nitrogen and oxygen atoms in total. The fourth-order valence-corrected chi connectivity index (χ4v) is 2.51. The van der Waals surface area contributed by atoms with Gasteiger partial charge in [0.1, 0.15) is 0 Å². The second-order valence-electron chi connectivity index (χ2n) is 4.52. The van der Waals surface area contributed by atoms with Gasteiger partial charge in [-0.1, -0.05) is 28.4 Å². The van der Waals surface area contributed by atoms with Gasteiger partial charge in [-0.15, -0.1) is 0 Å². The van der Waals surface area contributed by atoms with Crippen LogP contribution in [-0.2, 0) is 14.4 Å². The number of benzene rings is 1. The highest BCUT2D eigenvalue weighted by molar-refractivity contribution is 6.35. The van der Waals surface area contributed by atoms with Gasteiger partial charge in [-0.3, -0.25) is 4.79 Å². The van der Waals surface area contributed by atoms with Crippen LogP contribution in [0.3, 0.4) is 0 Å². The summed E-state index contributed by atoms with van der Waals surface area (Å²) in [6.07, 6.45) is 0.742. The summed E-state index contributed by atoms with van der Waals surface area (Å²) in [5.74, 6) is 0. The average Bonchev–Trinajstić information content (AvgIpc) is 2.83. The van der Waals surface area contributed by atoms with Gasteiger partial charge in [-0.25, -0.2) is 0 Å². The zero-order chi connectivity index (χ0) is 14.6. The predicted molar refractivity (Wildman–Crippen MR) is 75.2 cm³/mol. The Morgan fingerprint density at radius 3 is 2.70 bits per heavy atom. The van der Waals surface area contributed by atoms with Crippen LogP contribution in [-0.4, -0.2) is 36.1 Å². The molecule has 0 aliphatic carbocycles. The fraction of sp³-hybridized carbons (Fsp3) is 0.385. The number of carbonyl (C=O) groups excluding carboxylic acids is 1. The first-order chi connectivity index (χ1) is 9.58. The molecule has 1 N–H and O–H groups in total. The topological polar surface area (TPSA) is 68.1 Å². The SMILES string of the molecule is O=COCCC1(CO)CC(c2cc(Cl)cc(Cl)c2)=NO1. The normalized spacial score (nSPS) is 21.2. The number of hydrogen-bond donors (Lipinski definition) is 1. The number of aliphatic hydroxyl groups is 1. The molecule has 108 valence electrons. The molecular weight excluding hydrogens is 305 g/mol. The molecule has 0 aromatic heterocycles. The number of halogens is 2. The largest absolute Gasteiger partial charge is 0.468 e. The van der Waals surface area contributed by atoms with Crippen LogP contribution in [0.2, 0.25) is 10.0 Å². The number of hydrogen-bond acceptors (Lipinski definition) is 5. The number of rotatable bonds is 6. The standard InChI is InChI=1S/C13H13Cl2NO4/c14-10-3-9(4-11(15)5-10)12-6-13(7-17,20-16-12)1-2-19-8-18/h3-5,8,17H,1-2,6-7H2. The summed E-state index contributed by atoms with van der Waals surface area (Å²) in [6.45, 7) is 0.290. The van der Waals surface area contributed by atoms with Crippen LogP contribution in [0.25, 0.3) is 0 Å². The maximum Gasteiger partial charge on any atom is 0.293 e. The number of carbonyl (C=O) groups is 1. The van der Waals surface area contributed by atoms with Gasteiger partial charge in [0.05, 0.1) is 18.9 Å². The Hall–Kier alpha value is -1.30. The van der Waals surface area contributed by atoms with Gasteiger partial charge in [0.25, 0.3) is 6.47 Å². The van der Waals surface area contributed by atoms with E-state index < -0.39 is 5.60 Å². The fourth-order valence-electron chi connectivity index (χ4n) is 1.99. The minimum atomic E-state index is -0.868. The lowest BCUT2D eigenvalue weighted by molar-refractivity contribution is -0.132. The lowest BCUT2D eigenvalue weighted by atomic mass is 9.92. The summed E-state index contributed by atoms with van der Waals surface area (Å²) in [6, 6.07) is 5.08. The average molecular weight is 318 g/mol. The summed E-state index contributed by atoms with van der Waals surface area (Å²) in [5, 5.41) is 14.5. The lowest BCUT2D eigenvalue weighted by Gasteiger charge is -2.23. The predicted octanol–water partition coefficient (Wildman–Crippen LogP) is 2.41. The molecule has 7 heteroatoms. The molecule has 1 aliphatic rings. The molecule has 0 bridgehead atoms. The van der Waals surface area contributed by atoms with E-state index in [1.54, 1.807) is 18.2 Å². The Kier molecular flexibility index (Phi) is 4.86. The summed E-state index contributed by atoms with van der Waals surface area (Å²) >= 11 is 11.9. The quantitative estimate of drug-likeness (QED) is 0.646. The zero-order valence-corrected chi connectivity index (χ0v) is 12.0. The molecule has 1 aromatic rings. The van der Waals surface area contributed by atoms with Crippen LogP contribution < -0.4 is 0 Å². The van der Waals surface area contributed by atoms with E-state index in [9.17, 15) is 9.90 Å². The van der Waals surface area contributed by atoms with E-state index in [0.29, 0.717) is 35.1 Å². The van der Waals surface area contributed by atoms with Crippen molar-refractivity contribution in [2.24, 2.45) is 5.16 Å². The third-order valence-corrected chi connectivity index (χ3v) is 3.50. The number of nitrogens with zero attached hydrogens (tertiary/aromatic N) is 1. The van der Waals surface area contributed by atoms with E-state index in [0.717, 1.165) is 5.56 Å². The van der Waals surface area contributed by atoms with Crippen molar-refractivity contribution in [3.63, 3.8) is 0 Å². The maximum absolute atomic E-state index is 10.1. The van der Waals surface area contributed by atoms with E-state index in [-0.39, 0.29) is 13.2 Å². The van der Waals surface area contributed by atoms with Gasteiger partial charge in [0.15, 0.2) is 5.60 Å². The van der Waals surface area contributed by atoms with Crippen molar-refractivity contribution in [2.75, 3.05) is 13.2 Å². The molecular formula is C13H13Cl2NO4. The molecule has 1 heterocycles. The van der Waals surface area contributed by atoms with Gasteiger partial charge in [-0.05, 0) is 18.2 Å². The third kappa shape index (κ3) is 3.42. The minimum Gasteiger partial charge on any atom is -0.468 e. The third-order valence-electron chi connectivity index (χ3n) is 3.07. The van der Waals surface area contributed by atoms with Crippen molar-refractivity contribution in [2.45, 2.75) is 18.4 Å². The van der Waals surface area contributed by atoms with Gasteiger partial charge >= 0.3 is 0 Å². The number of ether oxygens (including phenoxy) is 1. The van der Waals surface area contributed by atoms with Crippen LogP contribution in [0.4, 0.5) is 0 Å². The molecule has 0 fully saturated rings. The van der Waals surface area contributed by atoms with E-state index >= 15 is 0 Å². The summed E-state index contributed by atoms with van der Waals surface area (Å²) in [5.41, 5.74) is 0.524. The smallest absolute Gasteiger partial charge is 0.293 e. The Balaban J connectivity index is 2.11. The molecule has 0 spiro atoms. The highest BCUT2D eigenvalue weighted by Gasteiger charge is 2.39. The maximum atomic E-state index is 10.1. The molecule has 2 rings (SSSR count). The van der Waals surface area contributed by atoms with Gasteiger partial charge in [0, 0.05) is 28.5 Å². The van der Waals surface area contributed by atoms with Crippen molar-refractivity contribution in [3.05, 3.63) is 33.8 Å². The van der Waals surface area contributed by atoms with Crippen molar-refractivity contribution < 1.29 is 19.5 Å². The summed E-state index contributed by atoms with van der Waals surface area (Å²) in [4.78, 5) is 15.5. The Labute approximate surface area is 126 Å². The van der Waals surface area contributed by atoms with E-state index in [2.05, 4.69) is 9.89 Å². The Morgan fingerprint density at radius 1 is 1.40 bits per heavy atom. The van der Waals surface area contributed by atoms with E-state index in [4.69, 9.17) is 28.0 Å². The van der Waals surface area contributed by atoms with Crippen molar-refractivity contribution in [3.8, 4) is 0 Å². The molecule has 1 aromatic carbocycles. The molecule has 0 radical (unpaired) electrons. The van der Waals surface area contributed by atoms with Crippen LogP contribution in [0.5, 0.6) is 0 Å². The van der Waals surface area contributed by atoms with Gasteiger partial charge in [-0.2, -0.15) is 0 Å². The lowest BCUT2D eigenvalue weighted by Crippen LogP contribution is -2.35. The van der Waals surface area contributed by atoms with E-state index in [1.165, 1.54) is 0 Å². The zero-order valence-electron chi connectivity index (χ0n) is 10.5. The molecule has 0 saturated heterocycles. The van der Waals surface area contributed by atoms with Crippen LogP contribution >= 0.6 is 23.2 Å². The molecule has 0 amide bonds. The first-order valence-electron chi connectivity index (χ1n) is 5.96. The van der Waals surface area contributed by atoms with Crippen LogP contribution in [0.15, 0.2) is 23.4 Å². The summed E-state index contributed by atoms with van der Waals surface area (Å²) in [7, 11) is 0. The van der Waals surface area contributed by atoms with Crippen molar-refractivity contribution in [1.29, 1.82) is 0 Å². The van der Waals surface area contributed by atoms with Crippen molar-refractivity contribution in [1.82, 2.24) is 0 Å². The Morgan fingerprint density at radius 2 is 2.10 bits per heavy atom. The highest BCUT2D eigenvalue weighted by atomic mass is 35.5. The second-order valence-corrected chi connectivity index (χ2v) is 5.40. The highest BCUT2D eigenvalue weighted by Crippen LogP contribution is 2.31. The first kappa shape index (κ1) is 15.1.